The summed E-state index contributed by atoms with van der Waals surface area (Å²) in [4.78, 5) is 25.6. The van der Waals surface area contributed by atoms with E-state index in [1.54, 1.807) is 9.58 Å². The third kappa shape index (κ3) is 4.13. The van der Waals surface area contributed by atoms with Gasteiger partial charge < -0.3 is 10.0 Å². The van der Waals surface area contributed by atoms with Crippen molar-refractivity contribution in [1.82, 2.24) is 14.7 Å². The molecule has 1 saturated heterocycles. The van der Waals surface area contributed by atoms with Crippen LogP contribution in [0.15, 0.2) is 36.4 Å². The Balaban J connectivity index is 1.54. The van der Waals surface area contributed by atoms with Gasteiger partial charge >= 0.3 is 12.0 Å². The molecule has 0 spiro atoms. The Labute approximate surface area is 158 Å². The molecule has 1 unspecified atom stereocenters. The molecule has 2 fully saturated rings. The molecule has 2 amide bonds. The second-order valence-electron chi connectivity index (χ2n) is 7.47. The molecule has 2 aliphatic rings. The van der Waals surface area contributed by atoms with Crippen molar-refractivity contribution in [1.29, 1.82) is 0 Å². The molecule has 7 heteroatoms. The molecule has 1 aliphatic carbocycles. The molecule has 2 aromatic rings. The fourth-order valence-corrected chi connectivity index (χ4v) is 3.55. The van der Waals surface area contributed by atoms with Crippen LogP contribution < -0.4 is 5.32 Å². The minimum absolute atomic E-state index is 0.246. The molecule has 2 N–H and O–H groups in total. The maximum Gasteiger partial charge on any atom is 0.323 e. The number of hydrogen-bond acceptors (Lipinski definition) is 3. The molecule has 142 valence electrons. The number of carbonyl (C=O) groups excluding carboxylic acids is 1. The number of aliphatic carboxylic acids is 1. The molecule has 4 rings (SSSR count). The fraction of sp³-hybridized carbons (Fsp3) is 0.450. The van der Waals surface area contributed by atoms with E-state index in [1.807, 2.05) is 36.4 Å². The Morgan fingerprint density at radius 3 is 2.67 bits per heavy atom. The predicted octanol–water partition coefficient (Wildman–Crippen LogP) is 3.15. The molecule has 7 nitrogen and oxygen atoms in total. The van der Waals surface area contributed by atoms with E-state index < -0.39 is 11.9 Å². The molecule has 0 bridgehead atoms. The number of amides is 2. The van der Waals surface area contributed by atoms with Crippen molar-refractivity contribution in [3.05, 3.63) is 42.1 Å². The van der Waals surface area contributed by atoms with Crippen LogP contribution in [-0.2, 0) is 11.2 Å². The second-order valence-corrected chi connectivity index (χ2v) is 7.47. The van der Waals surface area contributed by atoms with Gasteiger partial charge in [-0.05, 0) is 50.2 Å². The SMILES string of the molecule is O=C(O)C1CCCN(C(=O)Nc2cc(CC3CC3)nn2-c2ccccc2)C1. The zero-order valence-corrected chi connectivity index (χ0v) is 15.2. The van der Waals surface area contributed by atoms with E-state index in [9.17, 15) is 14.7 Å². The Morgan fingerprint density at radius 1 is 1.19 bits per heavy atom. The van der Waals surface area contributed by atoms with Crippen LogP contribution in [0, 0.1) is 11.8 Å². The van der Waals surface area contributed by atoms with Gasteiger partial charge in [0.2, 0.25) is 0 Å². The lowest BCUT2D eigenvalue weighted by molar-refractivity contribution is -0.143. The molecular formula is C20H24N4O3. The first kappa shape index (κ1) is 17.6. The van der Waals surface area contributed by atoms with Crippen LogP contribution in [0.3, 0.4) is 0 Å². The first-order valence-corrected chi connectivity index (χ1v) is 9.53. The number of carboxylic acids is 1. The van der Waals surface area contributed by atoms with E-state index in [2.05, 4.69) is 5.32 Å². The summed E-state index contributed by atoms with van der Waals surface area (Å²) in [6, 6.07) is 11.4. The smallest absolute Gasteiger partial charge is 0.323 e. The van der Waals surface area contributed by atoms with Crippen molar-refractivity contribution < 1.29 is 14.7 Å². The first-order chi connectivity index (χ1) is 13.1. The van der Waals surface area contributed by atoms with Crippen molar-refractivity contribution >= 4 is 17.8 Å². The number of nitrogens with zero attached hydrogens (tertiary/aromatic N) is 3. The summed E-state index contributed by atoms with van der Waals surface area (Å²) < 4.78 is 1.76. The number of nitrogens with one attached hydrogen (secondary N) is 1. The highest BCUT2D eigenvalue weighted by molar-refractivity contribution is 5.89. The molecule has 1 atom stereocenters. The molecule has 1 aromatic carbocycles. The zero-order chi connectivity index (χ0) is 18.8. The molecule has 2 heterocycles. The number of piperidine rings is 1. The van der Waals surface area contributed by atoms with Crippen LogP contribution in [0.2, 0.25) is 0 Å². The highest BCUT2D eigenvalue weighted by atomic mass is 16.4. The van der Waals surface area contributed by atoms with Crippen molar-refractivity contribution in [2.24, 2.45) is 11.8 Å². The number of urea groups is 1. The van der Waals surface area contributed by atoms with Gasteiger partial charge in [0.25, 0.3) is 0 Å². The third-order valence-corrected chi connectivity index (χ3v) is 5.25. The third-order valence-electron chi connectivity index (χ3n) is 5.25. The lowest BCUT2D eigenvalue weighted by atomic mass is 9.99. The Morgan fingerprint density at radius 2 is 1.96 bits per heavy atom. The van der Waals surface area contributed by atoms with Gasteiger partial charge in [0.05, 0.1) is 17.3 Å². The lowest BCUT2D eigenvalue weighted by Crippen LogP contribution is -2.44. The molecule has 0 radical (unpaired) electrons. The largest absolute Gasteiger partial charge is 0.481 e. The van der Waals surface area contributed by atoms with Gasteiger partial charge in [-0.25, -0.2) is 9.48 Å². The Hall–Kier alpha value is -2.83. The highest BCUT2D eigenvalue weighted by Crippen LogP contribution is 2.33. The van der Waals surface area contributed by atoms with Crippen molar-refractivity contribution in [3.63, 3.8) is 0 Å². The molecular weight excluding hydrogens is 344 g/mol. The minimum atomic E-state index is -0.839. The van der Waals surface area contributed by atoms with Gasteiger partial charge in [-0.1, -0.05) is 18.2 Å². The average Bonchev–Trinajstić information content (AvgIpc) is 3.41. The van der Waals surface area contributed by atoms with Crippen molar-refractivity contribution in [2.75, 3.05) is 18.4 Å². The summed E-state index contributed by atoms with van der Waals surface area (Å²) >= 11 is 0. The van der Waals surface area contributed by atoms with Crippen LogP contribution in [-0.4, -0.2) is 44.9 Å². The quantitative estimate of drug-likeness (QED) is 0.849. The van der Waals surface area contributed by atoms with Crippen LogP contribution in [0.4, 0.5) is 10.6 Å². The van der Waals surface area contributed by atoms with Crippen molar-refractivity contribution in [2.45, 2.75) is 32.1 Å². The number of hydrogen-bond donors (Lipinski definition) is 2. The minimum Gasteiger partial charge on any atom is -0.481 e. The number of carboxylic acid groups (broad SMARTS) is 1. The van der Waals surface area contributed by atoms with E-state index in [1.165, 1.54) is 12.8 Å². The number of anilines is 1. The summed E-state index contributed by atoms with van der Waals surface area (Å²) in [6.07, 6.45) is 4.73. The highest BCUT2D eigenvalue weighted by Gasteiger charge is 2.29. The zero-order valence-electron chi connectivity index (χ0n) is 15.2. The van der Waals surface area contributed by atoms with Crippen LogP contribution in [0.5, 0.6) is 0 Å². The standard InChI is InChI=1S/C20H24N4O3/c25-19(26)15-5-4-10-23(13-15)20(27)21-18-12-16(11-14-8-9-14)22-24(18)17-6-2-1-3-7-17/h1-3,6-7,12,14-15H,4-5,8-11,13H2,(H,21,27)(H,25,26). The van der Waals surface area contributed by atoms with Gasteiger partial charge in [-0.2, -0.15) is 5.10 Å². The molecule has 1 aliphatic heterocycles. The number of para-hydroxylation sites is 1. The van der Waals surface area contributed by atoms with E-state index >= 15 is 0 Å². The first-order valence-electron chi connectivity index (χ1n) is 9.53. The van der Waals surface area contributed by atoms with Gasteiger partial charge in [-0.3, -0.25) is 10.1 Å². The molecule has 1 aromatic heterocycles. The van der Waals surface area contributed by atoms with Crippen LogP contribution in [0.25, 0.3) is 5.69 Å². The number of likely N-dealkylation sites (tertiary alicyclic amines) is 1. The van der Waals surface area contributed by atoms with Crippen LogP contribution in [0.1, 0.15) is 31.4 Å². The Bertz CT molecular complexity index is 829. The van der Waals surface area contributed by atoms with Crippen molar-refractivity contribution in [3.8, 4) is 5.69 Å². The monoisotopic (exact) mass is 368 g/mol. The maximum atomic E-state index is 12.7. The van der Waals surface area contributed by atoms with E-state index in [0.29, 0.717) is 31.1 Å². The summed E-state index contributed by atoms with van der Waals surface area (Å²) in [5.41, 5.74) is 1.86. The number of carbonyl (C=O) groups is 2. The summed E-state index contributed by atoms with van der Waals surface area (Å²) in [5.74, 6) is -0.00657. The van der Waals surface area contributed by atoms with Crippen LogP contribution >= 0.6 is 0 Å². The van der Waals surface area contributed by atoms with E-state index in [0.717, 1.165) is 17.8 Å². The fourth-order valence-electron chi connectivity index (χ4n) is 3.55. The Kier molecular flexibility index (Phi) is 4.83. The maximum absolute atomic E-state index is 12.7. The second kappa shape index (κ2) is 7.42. The number of benzene rings is 1. The van der Waals surface area contributed by atoms with Gasteiger partial charge in [0, 0.05) is 19.2 Å². The van der Waals surface area contributed by atoms with Gasteiger partial charge in [0.1, 0.15) is 5.82 Å². The molecule has 27 heavy (non-hydrogen) atoms. The summed E-state index contributed by atoms with van der Waals surface area (Å²) in [5, 5.41) is 16.9. The average molecular weight is 368 g/mol. The lowest BCUT2D eigenvalue weighted by Gasteiger charge is -2.30. The normalized spacial score (nSPS) is 19.7. The van der Waals surface area contributed by atoms with Gasteiger partial charge in [0.15, 0.2) is 0 Å². The summed E-state index contributed by atoms with van der Waals surface area (Å²) in [6.45, 7) is 0.819. The number of rotatable bonds is 5. The van der Waals surface area contributed by atoms with E-state index in [4.69, 9.17) is 5.10 Å². The van der Waals surface area contributed by atoms with E-state index in [-0.39, 0.29) is 12.6 Å². The molecule has 1 saturated carbocycles. The predicted molar refractivity (Wildman–Crippen MR) is 101 cm³/mol. The van der Waals surface area contributed by atoms with Gasteiger partial charge in [-0.15, -0.1) is 0 Å². The summed E-state index contributed by atoms with van der Waals surface area (Å²) in [7, 11) is 0. The topological polar surface area (TPSA) is 87.5 Å². The number of aromatic nitrogens is 2.